The van der Waals surface area contributed by atoms with Crippen LogP contribution in [0, 0.1) is 0 Å². The summed E-state index contributed by atoms with van der Waals surface area (Å²) in [6, 6.07) is 31.5. The van der Waals surface area contributed by atoms with Crippen molar-refractivity contribution in [3.8, 4) is 0 Å². The molecule has 3 N–H and O–H groups in total. The number of nitrogens with zero attached hydrogens (tertiary/aromatic N) is 1. The highest BCUT2D eigenvalue weighted by Gasteiger charge is 2.17. The molecule has 0 saturated carbocycles. The van der Waals surface area contributed by atoms with Crippen molar-refractivity contribution in [3.05, 3.63) is 114 Å². The maximum absolute atomic E-state index is 13.2. The molecule has 208 valence electrons. The molecule has 0 aliphatic heterocycles. The van der Waals surface area contributed by atoms with Crippen molar-refractivity contribution >= 4 is 73.5 Å². The first-order chi connectivity index (χ1) is 20.4. The molecule has 0 saturated heterocycles. The number of fused-ring (bicyclic) bond motifs is 4. The van der Waals surface area contributed by atoms with Gasteiger partial charge >= 0.3 is 5.97 Å². The summed E-state index contributed by atoms with van der Waals surface area (Å²) in [4.78, 5) is 38.7. The first kappa shape index (κ1) is 27.1. The normalized spacial score (nSPS) is 11.2. The Bertz CT molecular complexity index is 2010. The molecule has 6 rings (SSSR count). The minimum atomic E-state index is -1.09. The number of aromatic nitrogens is 1. The molecule has 0 aliphatic rings. The largest absolute Gasteiger partial charge is 0.478 e. The van der Waals surface area contributed by atoms with E-state index in [0.717, 1.165) is 33.4 Å². The number of anilines is 2. The van der Waals surface area contributed by atoms with E-state index in [-0.39, 0.29) is 22.8 Å². The first-order valence-corrected chi connectivity index (χ1v) is 14.5. The topological polar surface area (TPSA) is 100 Å². The molecule has 6 aromatic rings. The number of aromatic carboxylic acids is 1. The summed E-state index contributed by atoms with van der Waals surface area (Å²) in [5, 5.41) is 18.8. The van der Waals surface area contributed by atoms with E-state index in [4.69, 9.17) is 0 Å². The van der Waals surface area contributed by atoms with Gasteiger partial charge in [0, 0.05) is 55.6 Å². The summed E-state index contributed by atoms with van der Waals surface area (Å²) in [6.07, 6.45) is 0. The molecular formula is C34H27N3O4S. The molecule has 0 spiro atoms. The van der Waals surface area contributed by atoms with Crippen LogP contribution in [0.2, 0.25) is 0 Å². The third-order valence-electron chi connectivity index (χ3n) is 7.21. The Kier molecular flexibility index (Phi) is 7.37. The molecule has 5 aromatic carbocycles. The van der Waals surface area contributed by atoms with Gasteiger partial charge in [-0.2, -0.15) is 0 Å². The van der Waals surface area contributed by atoms with Gasteiger partial charge < -0.3 is 20.3 Å². The van der Waals surface area contributed by atoms with Crippen LogP contribution in [0.4, 0.5) is 11.4 Å². The lowest BCUT2D eigenvalue weighted by molar-refractivity contribution is -0.113. The van der Waals surface area contributed by atoms with Crippen molar-refractivity contribution < 1.29 is 19.5 Å². The molecule has 2 amide bonds. The Morgan fingerprint density at radius 1 is 0.738 bits per heavy atom. The third-order valence-corrected chi connectivity index (χ3v) is 8.21. The second-order valence-electron chi connectivity index (χ2n) is 9.83. The number of amides is 2. The average Bonchev–Trinajstić information content (AvgIpc) is 3.32. The Labute approximate surface area is 246 Å². The zero-order valence-corrected chi connectivity index (χ0v) is 23.6. The second-order valence-corrected chi connectivity index (χ2v) is 10.9. The van der Waals surface area contributed by atoms with Gasteiger partial charge in [0.2, 0.25) is 5.91 Å². The van der Waals surface area contributed by atoms with Gasteiger partial charge in [-0.1, -0.05) is 48.5 Å². The predicted molar refractivity (Wildman–Crippen MR) is 170 cm³/mol. The number of hydrogen-bond donors (Lipinski definition) is 3. The SMILES string of the molecule is CCn1c2ccccc2c2cc(NC(=O)CSc3cccc(NC(=O)c4cccc5cccc(C(=O)O)c45)c3)ccc21. The van der Waals surface area contributed by atoms with E-state index in [1.807, 2.05) is 36.4 Å². The van der Waals surface area contributed by atoms with Gasteiger partial charge in [0.05, 0.1) is 11.3 Å². The van der Waals surface area contributed by atoms with Gasteiger partial charge in [0.1, 0.15) is 0 Å². The molecule has 42 heavy (non-hydrogen) atoms. The fourth-order valence-corrected chi connectivity index (χ4v) is 6.14. The van der Waals surface area contributed by atoms with E-state index in [0.29, 0.717) is 16.5 Å². The Hall–Kier alpha value is -5.08. The minimum absolute atomic E-state index is 0.0730. The molecule has 0 atom stereocenters. The summed E-state index contributed by atoms with van der Waals surface area (Å²) in [7, 11) is 0. The smallest absolute Gasteiger partial charge is 0.336 e. The fourth-order valence-electron chi connectivity index (χ4n) is 5.39. The van der Waals surface area contributed by atoms with Gasteiger partial charge in [-0.25, -0.2) is 4.79 Å². The van der Waals surface area contributed by atoms with E-state index in [1.165, 1.54) is 23.3 Å². The van der Waals surface area contributed by atoms with Crippen LogP contribution in [0.25, 0.3) is 32.6 Å². The van der Waals surface area contributed by atoms with Crippen LogP contribution in [-0.2, 0) is 11.3 Å². The monoisotopic (exact) mass is 573 g/mol. The van der Waals surface area contributed by atoms with Crippen molar-refractivity contribution in [3.63, 3.8) is 0 Å². The van der Waals surface area contributed by atoms with E-state index < -0.39 is 11.9 Å². The number of para-hydroxylation sites is 1. The summed E-state index contributed by atoms with van der Waals surface area (Å²) in [6.45, 7) is 2.98. The minimum Gasteiger partial charge on any atom is -0.478 e. The first-order valence-electron chi connectivity index (χ1n) is 13.5. The van der Waals surface area contributed by atoms with Crippen molar-refractivity contribution in [1.82, 2.24) is 4.57 Å². The molecule has 7 nitrogen and oxygen atoms in total. The number of thioether (sulfide) groups is 1. The van der Waals surface area contributed by atoms with Crippen LogP contribution < -0.4 is 10.6 Å². The maximum atomic E-state index is 13.2. The second kappa shape index (κ2) is 11.4. The molecule has 8 heteroatoms. The van der Waals surface area contributed by atoms with Crippen LogP contribution in [0.3, 0.4) is 0 Å². The molecule has 0 bridgehead atoms. The van der Waals surface area contributed by atoms with Crippen molar-refractivity contribution in [2.75, 3.05) is 16.4 Å². The lowest BCUT2D eigenvalue weighted by Gasteiger charge is -2.11. The lowest BCUT2D eigenvalue weighted by Crippen LogP contribution is -2.14. The fraction of sp³-hybridized carbons (Fsp3) is 0.0882. The highest BCUT2D eigenvalue weighted by Crippen LogP contribution is 2.31. The van der Waals surface area contributed by atoms with Gasteiger partial charge in [0.15, 0.2) is 0 Å². The molecule has 1 aromatic heterocycles. The number of carboxylic acids is 1. The molecule has 0 radical (unpaired) electrons. The highest BCUT2D eigenvalue weighted by molar-refractivity contribution is 8.00. The van der Waals surface area contributed by atoms with E-state index in [9.17, 15) is 19.5 Å². The summed E-state index contributed by atoms with van der Waals surface area (Å²) in [5.41, 5.74) is 3.94. The zero-order valence-electron chi connectivity index (χ0n) is 22.8. The molecule has 0 aliphatic carbocycles. The Morgan fingerprint density at radius 3 is 2.24 bits per heavy atom. The number of hydrogen-bond acceptors (Lipinski definition) is 4. The number of carbonyl (C=O) groups excluding carboxylic acids is 2. The van der Waals surface area contributed by atoms with Crippen LogP contribution >= 0.6 is 11.8 Å². The third kappa shape index (κ3) is 5.20. The summed E-state index contributed by atoms with van der Waals surface area (Å²) in [5.74, 6) is -1.44. The zero-order chi connectivity index (χ0) is 29.2. The van der Waals surface area contributed by atoms with Gasteiger partial charge in [0.25, 0.3) is 5.91 Å². The highest BCUT2D eigenvalue weighted by atomic mass is 32.2. The Balaban J connectivity index is 1.14. The van der Waals surface area contributed by atoms with Crippen LogP contribution in [0.1, 0.15) is 27.6 Å². The number of carboxylic acid groups (broad SMARTS) is 1. The molecule has 1 heterocycles. The van der Waals surface area contributed by atoms with Crippen molar-refractivity contribution in [1.29, 1.82) is 0 Å². The standard InChI is InChI=1S/C34H27N3O4S/c1-2-37-29-15-4-3-12-25(29)28-19-23(16-17-30(28)37)35-31(38)20-42-24-11-7-10-22(18-24)36-33(39)26-13-5-8-21-9-6-14-27(32(21)26)34(40)41/h3-19H,2,20H2,1H3,(H,35,38)(H,36,39)(H,40,41). The molecule has 0 unspecified atom stereocenters. The van der Waals surface area contributed by atoms with Gasteiger partial charge in [-0.05, 0) is 66.9 Å². The van der Waals surface area contributed by atoms with Crippen molar-refractivity contribution in [2.24, 2.45) is 0 Å². The maximum Gasteiger partial charge on any atom is 0.336 e. The number of rotatable bonds is 8. The van der Waals surface area contributed by atoms with Gasteiger partial charge in [-0.15, -0.1) is 11.8 Å². The Morgan fingerprint density at radius 2 is 1.45 bits per heavy atom. The molecule has 0 fully saturated rings. The van der Waals surface area contributed by atoms with Crippen LogP contribution in [-0.4, -0.2) is 33.2 Å². The average molecular weight is 574 g/mol. The van der Waals surface area contributed by atoms with E-state index in [1.54, 1.807) is 48.5 Å². The van der Waals surface area contributed by atoms with Crippen LogP contribution in [0.15, 0.2) is 108 Å². The van der Waals surface area contributed by atoms with Crippen molar-refractivity contribution in [2.45, 2.75) is 18.4 Å². The quantitative estimate of drug-likeness (QED) is 0.162. The van der Waals surface area contributed by atoms with E-state index in [2.05, 4.69) is 34.3 Å². The summed E-state index contributed by atoms with van der Waals surface area (Å²) >= 11 is 1.36. The number of nitrogens with one attached hydrogen (secondary N) is 2. The van der Waals surface area contributed by atoms with Crippen LogP contribution in [0.5, 0.6) is 0 Å². The lowest BCUT2D eigenvalue weighted by atomic mass is 9.98. The number of benzene rings is 5. The van der Waals surface area contributed by atoms with Gasteiger partial charge in [-0.3, -0.25) is 9.59 Å². The molecular weight excluding hydrogens is 546 g/mol. The number of aryl methyl sites for hydroxylation is 1. The number of carbonyl (C=O) groups is 3. The van der Waals surface area contributed by atoms with E-state index >= 15 is 0 Å². The summed E-state index contributed by atoms with van der Waals surface area (Å²) < 4.78 is 2.27. The predicted octanol–water partition coefficient (Wildman–Crippen LogP) is 7.65.